The molecule has 0 spiro atoms. The Kier molecular flexibility index (Phi) is 31.6. The van der Waals surface area contributed by atoms with Crippen molar-refractivity contribution in [2.45, 2.75) is 267 Å². The summed E-state index contributed by atoms with van der Waals surface area (Å²) in [6.07, 6.45) is 0.442. The Balaban J connectivity index is 0.000000196. The number of alkyl halides is 1. The normalized spacial score (nSPS) is 20.2. The number of ketones is 3. The van der Waals surface area contributed by atoms with Gasteiger partial charge in [0.05, 0.1) is 103 Å². The monoisotopic (exact) mass is 1770 g/mol. The van der Waals surface area contributed by atoms with E-state index in [1.54, 1.807) is 84.0 Å². The lowest BCUT2D eigenvalue weighted by Gasteiger charge is -2.36. The molecule has 7 heterocycles. The lowest BCUT2D eigenvalue weighted by molar-refractivity contribution is -0.145. The lowest BCUT2D eigenvalue weighted by atomic mass is 9.85. The number of aliphatic hydroxyl groups is 3. The van der Waals surface area contributed by atoms with E-state index in [4.69, 9.17) is 4.42 Å². The van der Waals surface area contributed by atoms with E-state index in [0.29, 0.717) is 18.6 Å². The summed E-state index contributed by atoms with van der Waals surface area (Å²) in [4.78, 5) is 167. The molecule has 3 aliphatic heterocycles. The van der Waals surface area contributed by atoms with Gasteiger partial charge in [0.15, 0.2) is 5.67 Å². The largest absolute Gasteiger partial charge is 0.468 e. The van der Waals surface area contributed by atoms with Crippen molar-refractivity contribution in [2.75, 3.05) is 19.6 Å². The SMILES string of the molecule is Cc1coc([C@H](C(=O)N2C[C@H](O)C[C@H]2C(=O)N[C@@H](CC(=O)C(C)C)c2ccc(-c3scnc3C)cc2)C(C)C)c1.Cc1ncsc1-c1ccc([C@H](CC(=O)C(C)C)NC(=O)[C@@H]2C[C@@H](O)CN2C(=O)[C@@H](NC(=O)C2(C#N)CC2)C(C)(C)C)cc1.Cc1ncsc1-c1ccc([C@H](CC(=O)C(C)C)NC(=O)[C@@H]2C[C@@H](O)CN2C(=O)[C@@H](NC(=O)C2(F)CC2)C(C)(C)C)cc1. The number of benzene rings is 3. The molecule has 7 aromatic rings. The number of Topliss-reactive ketones (excluding diaryl/α,β-unsaturated/α-hetero) is 3. The number of hydrogen-bond donors (Lipinski definition) is 8. The Morgan fingerprint density at radius 3 is 1.05 bits per heavy atom. The van der Waals surface area contributed by atoms with Gasteiger partial charge in [-0.3, -0.25) is 52.7 Å². The van der Waals surface area contributed by atoms with Crippen LogP contribution in [0.3, 0.4) is 0 Å². The molecule has 2 saturated carbocycles. The number of aryl methyl sites for hydroxylation is 4. The maximum Gasteiger partial charge on any atom is 0.258 e. The van der Waals surface area contributed by atoms with Crippen LogP contribution in [0.4, 0.5) is 4.39 Å². The number of amides is 8. The highest BCUT2D eigenvalue weighted by molar-refractivity contribution is 7.14. The second-order valence-corrected chi connectivity index (χ2v) is 40.0. The second-order valence-electron chi connectivity index (χ2n) is 37.5. The van der Waals surface area contributed by atoms with Gasteiger partial charge < -0.3 is 61.0 Å². The minimum absolute atomic E-state index is 0.00384. The van der Waals surface area contributed by atoms with E-state index < -0.39 is 130 Å². The molecule has 3 saturated heterocycles. The van der Waals surface area contributed by atoms with Crippen LogP contribution in [0, 0.1) is 78.9 Å². The molecule has 31 heteroatoms. The van der Waals surface area contributed by atoms with Crippen LogP contribution in [-0.2, 0) is 52.7 Å². The Hall–Kier alpha value is -10.1. The summed E-state index contributed by atoms with van der Waals surface area (Å²) in [6.45, 7) is 33.1. The number of thiazole rings is 3. The molecule has 0 radical (unpaired) electrons. The molecule has 3 aromatic carbocycles. The number of likely N-dealkylation sites (tertiary alicyclic amines) is 3. The van der Waals surface area contributed by atoms with E-state index in [0.717, 1.165) is 70.7 Å². The Labute approximate surface area is 743 Å². The number of furan rings is 1. The number of rotatable bonds is 30. The lowest BCUT2D eigenvalue weighted by Crippen LogP contribution is -2.59. The molecule has 27 nitrogen and oxygen atoms in total. The van der Waals surface area contributed by atoms with Crippen LogP contribution in [0.2, 0.25) is 0 Å². The van der Waals surface area contributed by atoms with E-state index in [9.17, 15) is 77.7 Å². The molecule has 5 fully saturated rings. The van der Waals surface area contributed by atoms with Crippen molar-refractivity contribution >= 4 is 98.6 Å². The van der Waals surface area contributed by atoms with Gasteiger partial charge in [-0.15, -0.1) is 34.0 Å². The topological polar surface area (TPSA) is 394 Å². The first-order valence-corrected chi connectivity index (χ1v) is 45.6. The van der Waals surface area contributed by atoms with Gasteiger partial charge in [0, 0.05) is 75.9 Å². The van der Waals surface area contributed by atoms with Gasteiger partial charge in [0.2, 0.25) is 41.4 Å². The van der Waals surface area contributed by atoms with Crippen molar-refractivity contribution in [3.63, 3.8) is 0 Å². The predicted molar refractivity (Wildman–Crippen MR) is 475 cm³/mol. The Morgan fingerprint density at radius 2 is 0.800 bits per heavy atom. The van der Waals surface area contributed by atoms with Crippen molar-refractivity contribution in [2.24, 2.45) is 39.9 Å². The third-order valence-electron chi connectivity index (χ3n) is 23.9. The number of aliphatic hydroxyl groups excluding tert-OH is 3. The van der Waals surface area contributed by atoms with Crippen LogP contribution < -0.4 is 26.6 Å². The first-order chi connectivity index (χ1) is 58.7. The summed E-state index contributed by atoms with van der Waals surface area (Å²) >= 11 is 4.63. The van der Waals surface area contributed by atoms with E-state index in [1.807, 2.05) is 154 Å². The molecule has 4 aromatic heterocycles. The van der Waals surface area contributed by atoms with Crippen LogP contribution in [-0.4, -0.2) is 183 Å². The van der Waals surface area contributed by atoms with Crippen molar-refractivity contribution in [3.05, 3.63) is 147 Å². The van der Waals surface area contributed by atoms with Crippen molar-refractivity contribution in [1.82, 2.24) is 56.2 Å². The molecular weight excluding hydrogens is 1650 g/mol. The second kappa shape index (κ2) is 40.7. The molecule has 2 aliphatic carbocycles. The summed E-state index contributed by atoms with van der Waals surface area (Å²) in [5, 5.41) is 55.4. The zero-order valence-corrected chi connectivity index (χ0v) is 77.2. The molecular formula is C94H121FN12O15S3. The van der Waals surface area contributed by atoms with Gasteiger partial charge in [0.1, 0.15) is 58.7 Å². The summed E-state index contributed by atoms with van der Waals surface area (Å²) in [5.74, 6) is -4.78. The number of hydrogen-bond acceptors (Lipinski definition) is 22. The number of β-amino-alcohol motifs (C(OH)–C–C–N with tert-alkyl or cyclic N) is 3. The van der Waals surface area contributed by atoms with Crippen LogP contribution >= 0.6 is 34.0 Å². The fourth-order valence-electron chi connectivity index (χ4n) is 15.7. The van der Waals surface area contributed by atoms with Gasteiger partial charge in [-0.2, -0.15) is 5.26 Å². The number of nitrogens with one attached hydrogen (secondary N) is 5. The number of halogens is 1. The summed E-state index contributed by atoms with van der Waals surface area (Å²) < 4.78 is 20.1. The molecule has 8 amide bonds. The number of carbonyl (C=O) groups excluding carboxylic acids is 11. The highest BCUT2D eigenvalue weighted by Gasteiger charge is 2.56. The maximum atomic E-state index is 14.5. The highest BCUT2D eigenvalue weighted by Crippen LogP contribution is 2.46. The molecule has 8 N–H and O–H groups in total. The van der Waals surface area contributed by atoms with E-state index in [2.05, 4.69) is 47.6 Å². The molecule has 0 bridgehead atoms. The van der Waals surface area contributed by atoms with E-state index >= 15 is 0 Å². The average Bonchev–Trinajstić information content (AvgIpc) is 1.64. The third kappa shape index (κ3) is 24.0. The van der Waals surface area contributed by atoms with E-state index in [1.165, 1.54) is 37.4 Å². The first kappa shape index (κ1) is 97.1. The fraction of sp³-hybridized carbons (Fsp3) is 0.543. The Morgan fingerprint density at radius 1 is 0.488 bits per heavy atom. The summed E-state index contributed by atoms with van der Waals surface area (Å²) in [6, 6.07) is 20.1. The van der Waals surface area contributed by atoms with E-state index in [-0.39, 0.29) is 124 Å². The quantitative estimate of drug-likeness (QED) is 0.0207. The zero-order valence-electron chi connectivity index (χ0n) is 74.7. The average molecular weight is 1770 g/mol. The summed E-state index contributed by atoms with van der Waals surface area (Å²) in [5.41, 5.74) is 9.76. The minimum Gasteiger partial charge on any atom is -0.468 e. The maximum absolute atomic E-state index is 14.5. The summed E-state index contributed by atoms with van der Waals surface area (Å²) in [7, 11) is 0. The van der Waals surface area contributed by atoms with Crippen LogP contribution in [0.25, 0.3) is 31.3 Å². The molecule has 672 valence electrons. The molecule has 125 heavy (non-hydrogen) atoms. The molecule has 0 unspecified atom stereocenters. The number of nitrogens with zero attached hydrogens (tertiary/aromatic N) is 7. The predicted octanol–water partition coefficient (Wildman–Crippen LogP) is 12.8. The fourth-order valence-corrected chi connectivity index (χ4v) is 18.1. The number of nitriles is 1. The Bertz CT molecular complexity index is 5080. The van der Waals surface area contributed by atoms with Crippen molar-refractivity contribution in [3.8, 4) is 37.4 Å². The third-order valence-corrected chi connectivity index (χ3v) is 26.8. The van der Waals surface area contributed by atoms with Gasteiger partial charge in [-0.1, -0.05) is 170 Å². The van der Waals surface area contributed by atoms with Crippen LogP contribution in [0.1, 0.15) is 230 Å². The molecule has 5 aliphatic rings. The number of carbonyl (C=O) groups is 11. The standard InChI is InChI=1S/C32H41N5O5S.C31H41FN4O5S.C31H39N3O5S/c1-18(2)25(39)14-23(20-7-9-21(10-8-20)26-19(3)34-17-43-26)35-28(40)24-13-22(38)15-37(24)29(41)27(31(4,5)6)36-30(42)32(16-33)11-12-32;1-17(2)24(38)14-22(19-7-9-20(10-8-19)25-18(3)33-16-42-25)34-27(39)23-13-21(37)15-36(23)28(40)26(30(4,5)6)35-29(41)31(32)11-12-31;1-17(2)26(36)13-24(21-7-9-22(10-8-21)29-20(6)32-16-40-29)33-30(37)25-12-23(35)14-34(25)31(38)28(18(3)4)27-11-19(5)15-39-27/h7-10,17-18,22-24,27,38H,11-15H2,1-6H3,(H,35,40)(H,36,42);7-10,16-17,21-23,26,37H,11-15H2,1-6H3,(H,34,39)(H,35,41);7-11,15-18,23-25,28,35H,12-14H2,1-6H3,(H,33,37)/t22-,23+,24+,27-;21-,22+,23+,26-;23-,24+,25+,28-/m111/s1. The van der Waals surface area contributed by atoms with Gasteiger partial charge in [0.25, 0.3) is 5.91 Å². The minimum atomic E-state index is -1.96. The highest BCUT2D eigenvalue weighted by atomic mass is 32.1. The molecule has 12 atom stereocenters. The van der Waals surface area contributed by atoms with Gasteiger partial charge in [-0.05, 0) is 115 Å². The van der Waals surface area contributed by atoms with Crippen molar-refractivity contribution < 1.29 is 76.9 Å². The molecule has 12 rings (SSSR count). The zero-order chi connectivity index (χ0) is 91.8. The van der Waals surface area contributed by atoms with Crippen molar-refractivity contribution in [1.29, 1.82) is 5.26 Å². The number of aromatic nitrogens is 3. The van der Waals surface area contributed by atoms with Crippen LogP contribution in [0.5, 0.6) is 0 Å². The van der Waals surface area contributed by atoms with Gasteiger partial charge >= 0.3 is 0 Å². The first-order valence-electron chi connectivity index (χ1n) is 43.0. The van der Waals surface area contributed by atoms with Crippen LogP contribution in [0.15, 0.2) is 106 Å². The smallest absolute Gasteiger partial charge is 0.258 e. The van der Waals surface area contributed by atoms with Gasteiger partial charge in [-0.25, -0.2) is 19.3 Å².